The van der Waals surface area contributed by atoms with E-state index in [2.05, 4.69) is 9.89 Å². The van der Waals surface area contributed by atoms with Gasteiger partial charge in [-0.05, 0) is 54.8 Å². The molecule has 0 aliphatic carbocycles. The van der Waals surface area contributed by atoms with Gasteiger partial charge >= 0.3 is 12.1 Å². The summed E-state index contributed by atoms with van der Waals surface area (Å²) in [5, 5.41) is 0. The first-order chi connectivity index (χ1) is 19.6. The van der Waals surface area contributed by atoms with Crippen molar-refractivity contribution in [3.05, 3.63) is 83.4 Å². The third-order valence-corrected chi connectivity index (χ3v) is 8.01. The average molecular weight is 591 g/mol. The molecule has 1 atom stereocenters. The van der Waals surface area contributed by atoms with Crippen molar-refractivity contribution in [2.45, 2.75) is 23.5 Å². The zero-order chi connectivity index (χ0) is 29.3. The van der Waals surface area contributed by atoms with Crippen molar-refractivity contribution in [2.24, 2.45) is 4.99 Å². The maximum absolute atomic E-state index is 15.2. The molecule has 0 aromatic heterocycles. The number of anilines is 2. The monoisotopic (exact) mass is 590 g/mol. The quantitative estimate of drug-likeness (QED) is 0.189. The summed E-state index contributed by atoms with van der Waals surface area (Å²) in [5.74, 6) is -1.31. The molecule has 0 saturated carbocycles. The Morgan fingerprint density at radius 3 is 2.32 bits per heavy atom. The van der Waals surface area contributed by atoms with E-state index < -0.39 is 29.6 Å². The lowest BCUT2D eigenvalue weighted by Gasteiger charge is -2.45. The first-order valence-electron chi connectivity index (χ1n) is 12.8. The van der Waals surface area contributed by atoms with Gasteiger partial charge in [0.25, 0.3) is 0 Å². The summed E-state index contributed by atoms with van der Waals surface area (Å²) in [6, 6.07) is 13.1. The van der Waals surface area contributed by atoms with E-state index in [1.165, 1.54) is 49.2 Å². The van der Waals surface area contributed by atoms with Gasteiger partial charge < -0.3 is 19.4 Å². The van der Waals surface area contributed by atoms with Crippen molar-refractivity contribution in [1.29, 1.82) is 0 Å². The van der Waals surface area contributed by atoms with Crippen molar-refractivity contribution in [2.75, 3.05) is 49.3 Å². The maximum atomic E-state index is 15.2. The second kappa shape index (κ2) is 11.6. The van der Waals surface area contributed by atoms with Crippen LogP contribution in [-0.4, -0.2) is 56.4 Å². The van der Waals surface area contributed by atoms with Gasteiger partial charge in [-0.2, -0.15) is 13.2 Å². The number of hydrogen-bond acceptors (Lipinski definition) is 7. The molecule has 6 nitrogen and oxygen atoms in total. The molecule has 3 aromatic rings. The van der Waals surface area contributed by atoms with E-state index >= 15 is 4.39 Å². The molecule has 1 unspecified atom stereocenters. The fourth-order valence-electron chi connectivity index (χ4n) is 5.16. The van der Waals surface area contributed by atoms with E-state index in [4.69, 9.17) is 4.74 Å². The normalized spacial score (nSPS) is 17.3. The van der Waals surface area contributed by atoms with Crippen LogP contribution in [0.4, 0.5) is 39.0 Å². The Balaban J connectivity index is 1.62. The Bertz CT molecular complexity index is 1460. The Kier molecular flexibility index (Phi) is 8.12. The second-order valence-corrected chi connectivity index (χ2v) is 10.4. The predicted octanol–water partition coefficient (Wildman–Crippen LogP) is 6.64. The van der Waals surface area contributed by atoms with Gasteiger partial charge in [-0.1, -0.05) is 12.1 Å². The number of thioether (sulfide) groups is 1. The lowest BCUT2D eigenvalue weighted by atomic mass is 9.97. The van der Waals surface area contributed by atoms with E-state index in [0.717, 1.165) is 17.8 Å². The summed E-state index contributed by atoms with van der Waals surface area (Å²) in [4.78, 5) is 23.4. The fraction of sp³-hybridized carbons (Fsp3) is 0.310. The van der Waals surface area contributed by atoms with Crippen LogP contribution in [0.5, 0.6) is 0 Å². The molecule has 0 radical (unpaired) electrons. The number of ether oxygens (including phenoxy) is 1. The Labute approximate surface area is 238 Å². The van der Waals surface area contributed by atoms with Crippen LogP contribution in [0.2, 0.25) is 0 Å². The largest absolute Gasteiger partial charge is 0.469 e. The van der Waals surface area contributed by atoms with Gasteiger partial charge in [0.1, 0.15) is 17.3 Å². The smallest absolute Gasteiger partial charge is 0.416 e. The molecule has 1 saturated heterocycles. The van der Waals surface area contributed by atoms with E-state index in [9.17, 15) is 22.4 Å². The summed E-state index contributed by atoms with van der Waals surface area (Å²) >= 11 is 1.26. The minimum atomic E-state index is -4.61. The molecule has 0 amide bonds. The molecular weight excluding hydrogens is 563 g/mol. The van der Waals surface area contributed by atoms with Crippen molar-refractivity contribution >= 4 is 40.8 Å². The van der Waals surface area contributed by atoms with Crippen LogP contribution in [-0.2, 0) is 15.7 Å². The molecule has 1 fully saturated rings. The lowest BCUT2D eigenvalue weighted by Crippen LogP contribution is -2.55. The number of fused-ring (bicyclic) bond motifs is 1. The number of para-hydroxylation sites is 1. The number of halogens is 5. The molecule has 0 bridgehead atoms. The third kappa shape index (κ3) is 5.83. The van der Waals surface area contributed by atoms with Gasteiger partial charge in [0, 0.05) is 42.3 Å². The van der Waals surface area contributed by atoms with E-state index in [-0.39, 0.29) is 29.6 Å². The van der Waals surface area contributed by atoms with Crippen LogP contribution in [0.1, 0.15) is 23.6 Å². The van der Waals surface area contributed by atoms with Gasteiger partial charge in [0.05, 0.1) is 30.8 Å². The highest BCUT2D eigenvalue weighted by molar-refractivity contribution is 7.98. The molecule has 5 rings (SSSR count). The van der Waals surface area contributed by atoms with Crippen LogP contribution in [0, 0.1) is 11.6 Å². The molecule has 41 heavy (non-hydrogen) atoms. The number of carbonyl (C=O) groups excluding carboxylic acids is 1. The number of benzene rings is 3. The van der Waals surface area contributed by atoms with Gasteiger partial charge in [-0.15, -0.1) is 11.8 Å². The number of rotatable bonds is 5. The number of carbonyl (C=O) groups is 1. The molecule has 12 heteroatoms. The average Bonchev–Trinajstić information content (AvgIpc) is 2.97. The molecule has 216 valence electrons. The van der Waals surface area contributed by atoms with Crippen LogP contribution < -0.4 is 9.80 Å². The fourth-order valence-corrected chi connectivity index (χ4v) is 5.73. The second-order valence-electron chi connectivity index (χ2n) is 9.59. The van der Waals surface area contributed by atoms with Gasteiger partial charge in [-0.25, -0.2) is 13.8 Å². The Morgan fingerprint density at radius 2 is 1.68 bits per heavy atom. The first-order valence-corrected chi connectivity index (χ1v) is 14.1. The molecule has 2 aliphatic heterocycles. The van der Waals surface area contributed by atoms with Crippen molar-refractivity contribution in [3.8, 4) is 0 Å². The van der Waals surface area contributed by atoms with Crippen molar-refractivity contribution in [1.82, 2.24) is 4.90 Å². The predicted molar refractivity (Wildman–Crippen MR) is 149 cm³/mol. The topological polar surface area (TPSA) is 48.4 Å². The number of methoxy groups -OCH3 is 1. The summed E-state index contributed by atoms with van der Waals surface area (Å²) in [6.07, 6.45) is -3.11. The maximum Gasteiger partial charge on any atom is 0.416 e. The number of alkyl halides is 3. The summed E-state index contributed by atoms with van der Waals surface area (Å²) < 4.78 is 75.2. The molecule has 0 spiro atoms. The van der Waals surface area contributed by atoms with E-state index in [1.54, 1.807) is 29.4 Å². The molecule has 2 heterocycles. The van der Waals surface area contributed by atoms with E-state index in [0.29, 0.717) is 36.6 Å². The number of aliphatic imine (C=N–C) groups is 1. The first kappa shape index (κ1) is 28.7. The van der Waals surface area contributed by atoms with Crippen LogP contribution in [0.3, 0.4) is 0 Å². The molecule has 0 N–H and O–H groups in total. The minimum Gasteiger partial charge on any atom is -0.469 e. The van der Waals surface area contributed by atoms with Crippen molar-refractivity contribution in [3.63, 3.8) is 0 Å². The van der Waals surface area contributed by atoms with Crippen molar-refractivity contribution < 1.29 is 31.5 Å². The standard InChI is InChI=1S/C29H27F5N4O2S/c1-40-26(39)17-23-21-4-3-5-22(31)27(21)35-28(37-14-12-36(13-15-37)20-9-7-19(30)8-10-20)38(23)24-16-18(29(32,33)34)6-11-25(24)41-2/h3-11,16,23H,12-15,17H2,1-2H3. The summed E-state index contributed by atoms with van der Waals surface area (Å²) in [6.45, 7) is 1.80. The zero-order valence-electron chi connectivity index (χ0n) is 22.3. The number of nitrogens with zero attached hydrogens (tertiary/aromatic N) is 4. The highest BCUT2D eigenvalue weighted by atomic mass is 32.2. The van der Waals surface area contributed by atoms with Crippen LogP contribution >= 0.6 is 11.8 Å². The zero-order valence-corrected chi connectivity index (χ0v) is 23.1. The molecule has 3 aromatic carbocycles. The summed E-state index contributed by atoms with van der Waals surface area (Å²) in [5.41, 5.74) is 0.583. The lowest BCUT2D eigenvalue weighted by molar-refractivity contribution is -0.141. The van der Waals surface area contributed by atoms with E-state index in [1.807, 2.05) is 4.90 Å². The molecular formula is C29H27F5N4O2S. The van der Waals surface area contributed by atoms with Gasteiger partial charge in [0.15, 0.2) is 0 Å². The number of esters is 1. The number of hydrogen-bond donors (Lipinski definition) is 0. The SMILES string of the molecule is COC(=O)CC1c2cccc(F)c2N=C(N2CCN(c3ccc(F)cc3)CC2)N1c1cc(C(F)(F)F)ccc1SC. The van der Waals surface area contributed by atoms with Gasteiger partial charge in [-0.3, -0.25) is 4.79 Å². The molecule has 2 aliphatic rings. The van der Waals surface area contributed by atoms with Crippen LogP contribution in [0.25, 0.3) is 0 Å². The number of piperazine rings is 1. The van der Waals surface area contributed by atoms with Gasteiger partial charge in [0.2, 0.25) is 5.96 Å². The summed E-state index contributed by atoms with van der Waals surface area (Å²) in [7, 11) is 1.23. The minimum absolute atomic E-state index is 0.0336. The number of guanidine groups is 1. The highest BCUT2D eigenvalue weighted by Crippen LogP contribution is 2.46. The third-order valence-electron chi connectivity index (χ3n) is 7.22. The Hall–Kier alpha value is -3.80. The highest BCUT2D eigenvalue weighted by Gasteiger charge is 2.40. The van der Waals surface area contributed by atoms with Crippen LogP contribution in [0.15, 0.2) is 70.6 Å². The Morgan fingerprint density at radius 1 is 1.00 bits per heavy atom.